The lowest BCUT2D eigenvalue weighted by Gasteiger charge is -2.07. The highest BCUT2D eigenvalue weighted by Gasteiger charge is 2.09. The van der Waals surface area contributed by atoms with Crippen molar-refractivity contribution in [3.05, 3.63) is 85.1 Å². The van der Waals surface area contributed by atoms with E-state index in [9.17, 15) is 5.11 Å². The van der Waals surface area contributed by atoms with Crippen LogP contribution in [0.15, 0.2) is 89.5 Å². The van der Waals surface area contributed by atoms with Crippen LogP contribution >= 0.6 is 0 Å². The molecule has 0 spiro atoms. The Kier molecular flexibility index (Phi) is 3.92. The number of ether oxygens (including phenoxy) is 1. The summed E-state index contributed by atoms with van der Waals surface area (Å²) in [6.45, 7) is 0. The summed E-state index contributed by atoms with van der Waals surface area (Å²) in [6, 6.07) is 24.1. The first-order chi connectivity index (χ1) is 12.3. The zero-order chi connectivity index (χ0) is 17.1. The Labute approximate surface area is 145 Å². The third-order valence-electron chi connectivity index (χ3n) is 3.76. The molecule has 0 aliphatic carbocycles. The minimum atomic E-state index is 0.106. The number of phenols is 1. The molecule has 0 fully saturated rings. The van der Waals surface area contributed by atoms with Crippen molar-refractivity contribution in [2.45, 2.75) is 0 Å². The molecule has 0 bridgehead atoms. The third-order valence-corrected chi connectivity index (χ3v) is 3.76. The van der Waals surface area contributed by atoms with Gasteiger partial charge in [-0.3, -0.25) is 0 Å². The monoisotopic (exact) mass is 329 g/mol. The molecule has 4 rings (SSSR count). The molecule has 0 aliphatic rings. The molecule has 1 N–H and O–H groups in total. The molecule has 0 amide bonds. The van der Waals surface area contributed by atoms with Crippen LogP contribution in [0.4, 0.5) is 0 Å². The third kappa shape index (κ3) is 3.23. The van der Waals surface area contributed by atoms with Gasteiger partial charge in [-0.2, -0.15) is 0 Å². The molecule has 4 nitrogen and oxygen atoms in total. The lowest BCUT2D eigenvalue weighted by atomic mass is 10.2. The van der Waals surface area contributed by atoms with Gasteiger partial charge in [0.15, 0.2) is 17.3 Å². The Hall–Kier alpha value is -3.53. The van der Waals surface area contributed by atoms with Gasteiger partial charge in [-0.05, 0) is 48.5 Å². The fraction of sp³-hybridized carbons (Fsp3) is 0. The number of oxazole rings is 1. The van der Waals surface area contributed by atoms with Crippen molar-refractivity contribution in [3.8, 4) is 40.0 Å². The summed E-state index contributed by atoms with van der Waals surface area (Å²) in [5, 5.41) is 9.77. The van der Waals surface area contributed by atoms with Gasteiger partial charge in [0.1, 0.15) is 5.75 Å². The summed E-state index contributed by atoms with van der Waals surface area (Å²) in [7, 11) is 0. The topological polar surface area (TPSA) is 55.5 Å². The van der Waals surface area contributed by atoms with Crippen LogP contribution in [0.2, 0.25) is 0 Å². The Morgan fingerprint density at radius 2 is 1.48 bits per heavy atom. The molecule has 0 saturated carbocycles. The van der Waals surface area contributed by atoms with Crippen molar-refractivity contribution in [3.63, 3.8) is 0 Å². The highest BCUT2D eigenvalue weighted by Crippen LogP contribution is 2.32. The van der Waals surface area contributed by atoms with Gasteiger partial charge < -0.3 is 14.3 Å². The first-order valence-electron chi connectivity index (χ1n) is 7.87. The molecule has 25 heavy (non-hydrogen) atoms. The molecule has 122 valence electrons. The van der Waals surface area contributed by atoms with Gasteiger partial charge in [0.25, 0.3) is 0 Å². The van der Waals surface area contributed by atoms with E-state index >= 15 is 0 Å². The molecule has 4 aromatic rings. The van der Waals surface area contributed by atoms with Crippen LogP contribution in [0.3, 0.4) is 0 Å². The average molecular weight is 329 g/mol. The molecular formula is C21H15NO3. The Morgan fingerprint density at radius 3 is 2.24 bits per heavy atom. The molecule has 0 unspecified atom stereocenters. The van der Waals surface area contributed by atoms with Gasteiger partial charge in [-0.25, -0.2) is 4.98 Å². The predicted molar refractivity (Wildman–Crippen MR) is 95.6 cm³/mol. The van der Waals surface area contributed by atoms with E-state index in [2.05, 4.69) is 4.98 Å². The molecule has 3 aromatic carbocycles. The molecule has 0 atom stereocenters. The Morgan fingerprint density at radius 1 is 0.760 bits per heavy atom. The number of rotatable bonds is 4. The maximum Gasteiger partial charge on any atom is 0.226 e. The van der Waals surface area contributed by atoms with Crippen LogP contribution in [0.5, 0.6) is 17.2 Å². The second-order valence-electron chi connectivity index (χ2n) is 5.49. The number of aromatic hydroxyl groups is 1. The number of nitrogens with zero attached hydrogens (tertiary/aromatic N) is 1. The summed E-state index contributed by atoms with van der Waals surface area (Å²) in [6.07, 6.45) is 1.71. The standard InChI is InChI=1S/C21H15NO3/c23-18-8-4-5-9-19(18)24-17-12-10-15(11-13-17)20-14-22-21(25-20)16-6-2-1-3-7-16/h1-14,23H. The second kappa shape index (κ2) is 6.53. The fourth-order valence-electron chi connectivity index (χ4n) is 2.48. The molecule has 0 radical (unpaired) electrons. The van der Waals surface area contributed by atoms with Gasteiger partial charge >= 0.3 is 0 Å². The van der Waals surface area contributed by atoms with Crippen molar-refractivity contribution < 1.29 is 14.3 Å². The van der Waals surface area contributed by atoms with Crippen molar-refractivity contribution in [2.75, 3.05) is 0 Å². The second-order valence-corrected chi connectivity index (χ2v) is 5.49. The number of benzene rings is 3. The lowest BCUT2D eigenvalue weighted by Crippen LogP contribution is -1.84. The van der Waals surface area contributed by atoms with Gasteiger partial charge in [0.05, 0.1) is 6.20 Å². The fourth-order valence-corrected chi connectivity index (χ4v) is 2.48. The van der Waals surface area contributed by atoms with Crippen LogP contribution in [0.1, 0.15) is 0 Å². The number of hydrogen-bond donors (Lipinski definition) is 1. The van der Waals surface area contributed by atoms with Crippen LogP contribution in [-0.2, 0) is 0 Å². The zero-order valence-electron chi connectivity index (χ0n) is 13.3. The normalized spacial score (nSPS) is 10.6. The summed E-state index contributed by atoms with van der Waals surface area (Å²) in [5.74, 6) is 2.43. The maximum atomic E-state index is 9.77. The lowest BCUT2D eigenvalue weighted by molar-refractivity contribution is 0.411. The van der Waals surface area contributed by atoms with E-state index in [4.69, 9.17) is 9.15 Å². The van der Waals surface area contributed by atoms with E-state index in [1.165, 1.54) is 0 Å². The molecule has 1 aromatic heterocycles. The molecule has 0 saturated heterocycles. The summed E-state index contributed by atoms with van der Waals surface area (Å²) < 4.78 is 11.5. The maximum absolute atomic E-state index is 9.77. The molecule has 1 heterocycles. The molecule has 4 heteroatoms. The number of hydrogen-bond acceptors (Lipinski definition) is 4. The van der Waals surface area contributed by atoms with E-state index in [0.29, 0.717) is 23.1 Å². The Balaban J connectivity index is 1.55. The first kappa shape index (κ1) is 15.0. The number of para-hydroxylation sites is 2. The zero-order valence-corrected chi connectivity index (χ0v) is 13.3. The van der Waals surface area contributed by atoms with Gasteiger partial charge in [-0.1, -0.05) is 30.3 Å². The van der Waals surface area contributed by atoms with Gasteiger partial charge in [0, 0.05) is 11.1 Å². The molecule has 0 aliphatic heterocycles. The minimum Gasteiger partial charge on any atom is -0.504 e. The van der Waals surface area contributed by atoms with Crippen molar-refractivity contribution >= 4 is 0 Å². The van der Waals surface area contributed by atoms with Crippen molar-refractivity contribution in [2.24, 2.45) is 0 Å². The van der Waals surface area contributed by atoms with Gasteiger partial charge in [-0.15, -0.1) is 0 Å². The minimum absolute atomic E-state index is 0.106. The highest BCUT2D eigenvalue weighted by atomic mass is 16.5. The van der Waals surface area contributed by atoms with Crippen LogP contribution < -0.4 is 4.74 Å². The summed E-state index contributed by atoms with van der Waals surface area (Å²) in [4.78, 5) is 4.33. The SMILES string of the molecule is Oc1ccccc1Oc1ccc(-c2cnc(-c3ccccc3)o2)cc1. The average Bonchev–Trinajstić information content (AvgIpc) is 3.15. The first-order valence-corrected chi connectivity index (χ1v) is 7.87. The van der Waals surface area contributed by atoms with Crippen LogP contribution in [0.25, 0.3) is 22.8 Å². The summed E-state index contributed by atoms with van der Waals surface area (Å²) in [5.41, 5.74) is 1.84. The molecular weight excluding hydrogens is 314 g/mol. The predicted octanol–water partition coefficient (Wildman–Crippen LogP) is 5.51. The van der Waals surface area contributed by atoms with Crippen LogP contribution in [-0.4, -0.2) is 10.1 Å². The quantitative estimate of drug-likeness (QED) is 0.536. The van der Waals surface area contributed by atoms with E-state index in [0.717, 1.165) is 11.1 Å². The van der Waals surface area contributed by atoms with E-state index < -0.39 is 0 Å². The van der Waals surface area contributed by atoms with Crippen molar-refractivity contribution in [1.82, 2.24) is 4.98 Å². The van der Waals surface area contributed by atoms with Crippen molar-refractivity contribution in [1.29, 1.82) is 0 Å². The number of phenolic OH excluding ortho intramolecular Hbond substituents is 1. The number of aromatic nitrogens is 1. The highest BCUT2D eigenvalue weighted by molar-refractivity contribution is 5.61. The summed E-state index contributed by atoms with van der Waals surface area (Å²) >= 11 is 0. The smallest absolute Gasteiger partial charge is 0.226 e. The van der Waals surface area contributed by atoms with Crippen LogP contribution in [0, 0.1) is 0 Å². The van der Waals surface area contributed by atoms with E-state index in [1.54, 1.807) is 24.4 Å². The largest absolute Gasteiger partial charge is 0.504 e. The van der Waals surface area contributed by atoms with E-state index in [-0.39, 0.29) is 5.75 Å². The van der Waals surface area contributed by atoms with Gasteiger partial charge in [0.2, 0.25) is 5.89 Å². The van der Waals surface area contributed by atoms with E-state index in [1.807, 2.05) is 60.7 Å². The Bertz CT molecular complexity index is 975.